The first-order valence-corrected chi connectivity index (χ1v) is 5.67. The number of carboxylic acids is 1. The van der Waals surface area contributed by atoms with Gasteiger partial charge in [0.15, 0.2) is 11.6 Å². The van der Waals surface area contributed by atoms with Crippen molar-refractivity contribution in [3.8, 4) is 0 Å². The van der Waals surface area contributed by atoms with Crippen LogP contribution in [0, 0.1) is 23.4 Å². The maximum absolute atomic E-state index is 13.3. The van der Waals surface area contributed by atoms with Crippen molar-refractivity contribution in [3.63, 3.8) is 0 Å². The number of aliphatic carboxylic acids is 1. The van der Waals surface area contributed by atoms with Crippen LogP contribution < -0.4 is 10.6 Å². The molecule has 0 bridgehead atoms. The van der Waals surface area contributed by atoms with Crippen molar-refractivity contribution in [1.29, 1.82) is 0 Å². The summed E-state index contributed by atoms with van der Waals surface area (Å²) in [5, 5.41) is 12.8. The Morgan fingerprint density at radius 1 is 1.20 bits per heavy atom. The van der Waals surface area contributed by atoms with Crippen molar-refractivity contribution in [3.05, 3.63) is 29.6 Å². The van der Waals surface area contributed by atoms with Crippen LogP contribution in [-0.4, -0.2) is 23.1 Å². The largest absolute Gasteiger partial charge is 0.480 e. The number of hydrogen-bond donors (Lipinski definition) is 3. The standard InChI is InChI=1S/C12H13F3N2O3/c1-5(2)10(11(18)19)17-12(20)16-8-4-6(13)3-7(14)9(8)15/h3-5,10H,1-2H3,(H,18,19)(H2,16,17,20)/t10-/m0/s1. The number of halogens is 3. The van der Waals surface area contributed by atoms with Gasteiger partial charge in [-0.2, -0.15) is 0 Å². The molecule has 1 aromatic rings. The molecule has 0 aliphatic carbocycles. The molecule has 0 fully saturated rings. The van der Waals surface area contributed by atoms with Crippen LogP contribution in [-0.2, 0) is 4.79 Å². The van der Waals surface area contributed by atoms with E-state index in [1.54, 1.807) is 13.8 Å². The minimum atomic E-state index is -1.46. The number of nitrogens with one attached hydrogen (secondary N) is 2. The van der Waals surface area contributed by atoms with E-state index in [4.69, 9.17) is 5.11 Å². The lowest BCUT2D eigenvalue weighted by Crippen LogP contribution is -2.46. The second kappa shape index (κ2) is 6.27. The molecule has 0 aliphatic heterocycles. The normalized spacial score (nSPS) is 12.1. The zero-order chi connectivity index (χ0) is 15.4. The summed E-state index contributed by atoms with van der Waals surface area (Å²) in [6.45, 7) is 3.11. The van der Waals surface area contributed by atoms with Crippen LogP contribution in [0.5, 0.6) is 0 Å². The van der Waals surface area contributed by atoms with Gasteiger partial charge < -0.3 is 15.7 Å². The van der Waals surface area contributed by atoms with Gasteiger partial charge in [-0.15, -0.1) is 0 Å². The molecule has 1 atom stereocenters. The number of anilines is 1. The van der Waals surface area contributed by atoms with E-state index in [0.29, 0.717) is 12.1 Å². The van der Waals surface area contributed by atoms with Crippen LogP contribution in [0.2, 0.25) is 0 Å². The minimum Gasteiger partial charge on any atom is -0.480 e. The number of amides is 2. The van der Waals surface area contributed by atoms with Crippen molar-refractivity contribution < 1.29 is 27.9 Å². The highest BCUT2D eigenvalue weighted by molar-refractivity contribution is 5.92. The quantitative estimate of drug-likeness (QED) is 0.745. The molecule has 3 N–H and O–H groups in total. The van der Waals surface area contributed by atoms with Gasteiger partial charge in [0.05, 0.1) is 5.69 Å². The molecule has 1 rings (SSSR count). The average Bonchev–Trinajstić information content (AvgIpc) is 2.31. The Kier molecular flexibility index (Phi) is 4.95. The molecule has 0 aromatic heterocycles. The van der Waals surface area contributed by atoms with Gasteiger partial charge in [-0.3, -0.25) is 0 Å². The molecule has 20 heavy (non-hydrogen) atoms. The molecule has 2 amide bonds. The monoisotopic (exact) mass is 290 g/mol. The average molecular weight is 290 g/mol. The number of carbonyl (C=O) groups excluding carboxylic acids is 1. The van der Waals surface area contributed by atoms with Crippen LogP contribution in [0.4, 0.5) is 23.7 Å². The summed E-state index contributed by atoms with van der Waals surface area (Å²) in [5.41, 5.74) is -0.715. The molecule has 5 nitrogen and oxygen atoms in total. The molecule has 1 aromatic carbocycles. The van der Waals surface area contributed by atoms with Gasteiger partial charge in [0.25, 0.3) is 0 Å². The van der Waals surface area contributed by atoms with Gasteiger partial charge >= 0.3 is 12.0 Å². The van der Waals surface area contributed by atoms with E-state index in [9.17, 15) is 22.8 Å². The van der Waals surface area contributed by atoms with Crippen LogP contribution in [0.1, 0.15) is 13.8 Å². The van der Waals surface area contributed by atoms with Gasteiger partial charge in [0.1, 0.15) is 11.9 Å². The lowest BCUT2D eigenvalue weighted by atomic mass is 10.1. The molecule has 0 saturated carbocycles. The first-order chi connectivity index (χ1) is 9.22. The first kappa shape index (κ1) is 15.8. The number of urea groups is 1. The van der Waals surface area contributed by atoms with Gasteiger partial charge in [0.2, 0.25) is 0 Å². The smallest absolute Gasteiger partial charge is 0.326 e. The number of carboxylic acid groups (broad SMARTS) is 1. The lowest BCUT2D eigenvalue weighted by molar-refractivity contribution is -0.140. The maximum atomic E-state index is 13.3. The number of hydrogen-bond acceptors (Lipinski definition) is 2. The summed E-state index contributed by atoms with van der Waals surface area (Å²) in [4.78, 5) is 22.4. The Bertz CT molecular complexity index is 535. The summed E-state index contributed by atoms with van der Waals surface area (Å²) in [6, 6.07) is -1.37. The second-order valence-electron chi connectivity index (χ2n) is 4.41. The molecule has 0 spiro atoms. The second-order valence-corrected chi connectivity index (χ2v) is 4.41. The van der Waals surface area contributed by atoms with Crippen LogP contribution in [0.25, 0.3) is 0 Å². The van der Waals surface area contributed by atoms with Crippen molar-refractivity contribution in [2.45, 2.75) is 19.9 Å². The Balaban J connectivity index is 2.84. The minimum absolute atomic E-state index is 0.326. The van der Waals surface area contributed by atoms with E-state index in [2.05, 4.69) is 5.32 Å². The summed E-state index contributed by atoms with van der Waals surface area (Å²) in [6.07, 6.45) is 0. The van der Waals surface area contributed by atoms with Gasteiger partial charge in [-0.05, 0) is 5.92 Å². The molecule has 110 valence electrons. The summed E-state index contributed by atoms with van der Waals surface area (Å²) in [7, 11) is 0. The van der Waals surface area contributed by atoms with Gasteiger partial charge in [-0.25, -0.2) is 22.8 Å². The summed E-state index contributed by atoms with van der Waals surface area (Å²) >= 11 is 0. The fraction of sp³-hybridized carbons (Fsp3) is 0.333. The van der Waals surface area contributed by atoms with Crippen LogP contribution in [0.15, 0.2) is 12.1 Å². The Hall–Kier alpha value is -2.25. The highest BCUT2D eigenvalue weighted by Gasteiger charge is 2.24. The summed E-state index contributed by atoms with van der Waals surface area (Å²) in [5.74, 6) is -5.66. The molecule has 0 heterocycles. The Morgan fingerprint density at radius 3 is 2.30 bits per heavy atom. The fourth-order valence-corrected chi connectivity index (χ4v) is 1.46. The number of carbonyl (C=O) groups is 2. The third-order valence-corrected chi connectivity index (χ3v) is 2.46. The van der Waals surface area contributed by atoms with E-state index >= 15 is 0 Å². The zero-order valence-electron chi connectivity index (χ0n) is 10.7. The van der Waals surface area contributed by atoms with Gasteiger partial charge in [-0.1, -0.05) is 13.8 Å². The molecule has 8 heteroatoms. The number of rotatable bonds is 4. The van der Waals surface area contributed by atoms with E-state index in [0.717, 1.165) is 0 Å². The fourth-order valence-electron chi connectivity index (χ4n) is 1.46. The predicted octanol–water partition coefficient (Wildman–Crippen LogP) is 2.33. The topological polar surface area (TPSA) is 78.4 Å². The molecule has 0 radical (unpaired) electrons. The zero-order valence-corrected chi connectivity index (χ0v) is 10.7. The Labute approximate surface area is 112 Å². The molecule has 0 unspecified atom stereocenters. The molecular weight excluding hydrogens is 277 g/mol. The Morgan fingerprint density at radius 2 is 1.80 bits per heavy atom. The third kappa shape index (κ3) is 3.87. The van der Waals surface area contributed by atoms with Gasteiger partial charge in [0, 0.05) is 12.1 Å². The first-order valence-electron chi connectivity index (χ1n) is 5.67. The van der Waals surface area contributed by atoms with Crippen molar-refractivity contribution in [1.82, 2.24) is 5.32 Å². The number of benzene rings is 1. The SMILES string of the molecule is CC(C)[C@H](NC(=O)Nc1cc(F)cc(F)c1F)C(=O)O. The van der Waals surface area contributed by atoms with Crippen LogP contribution in [0.3, 0.4) is 0 Å². The molecule has 0 saturated heterocycles. The third-order valence-electron chi connectivity index (χ3n) is 2.46. The predicted molar refractivity (Wildman–Crippen MR) is 64.7 cm³/mol. The summed E-state index contributed by atoms with van der Waals surface area (Å²) < 4.78 is 39.1. The highest BCUT2D eigenvalue weighted by atomic mass is 19.2. The van der Waals surface area contributed by atoms with Crippen LogP contribution >= 0.6 is 0 Å². The molecular formula is C12H13F3N2O3. The van der Waals surface area contributed by atoms with E-state index in [1.807, 2.05) is 5.32 Å². The van der Waals surface area contributed by atoms with Crippen molar-refractivity contribution >= 4 is 17.7 Å². The van der Waals surface area contributed by atoms with E-state index in [1.165, 1.54) is 0 Å². The van der Waals surface area contributed by atoms with Crippen molar-refractivity contribution in [2.75, 3.05) is 5.32 Å². The molecule has 0 aliphatic rings. The van der Waals surface area contributed by atoms with E-state index < -0.39 is 47.1 Å². The highest BCUT2D eigenvalue weighted by Crippen LogP contribution is 2.19. The van der Waals surface area contributed by atoms with Crippen molar-refractivity contribution in [2.24, 2.45) is 5.92 Å². The lowest BCUT2D eigenvalue weighted by Gasteiger charge is -2.18. The van der Waals surface area contributed by atoms with E-state index in [-0.39, 0.29) is 0 Å². The maximum Gasteiger partial charge on any atom is 0.326 e.